The number of hydrogen-bond acceptors (Lipinski definition) is 5. The Kier molecular flexibility index (Phi) is 4.92. The predicted octanol–water partition coefficient (Wildman–Crippen LogP) is 2.65. The van der Waals surface area contributed by atoms with Crippen LogP contribution in [0.3, 0.4) is 0 Å². The predicted molar refractivity (Wildman–Crippen MR) is 102 cm³/mol. The van der Waals surface area contributed by atoms with Gasteiger partial charge in [0.1, 0.15) is 5.75 Å². The van der Waals surface area contributed by atoms with Gasteiger partial charge in [0, 0.05) is 42.5 Å². The fourth-order valence-electron chi connectivity index (χ4n) is 3.86. The third kappa shape index (κ3) is 3.46. The molecule has 0 radical (unpaired) electrons. The van der Waals surface area contributed by atoms with Crippen LogP contribution in [0.25, 0.3) is 0 Å². The molecule has 27 heavy (non-hydrogen) atoms. The van der Waals surface area contributed by atoms with E-state index in [1.807, 2.05) is 6.07 Å². The number of fused-ring (bicyclic) bond motifs is 1. The summed E-state index contributed by atoms with van der Waals surface area (Å²) in [4.78, 5) is 14.4. The van der Waals surface area contributed by atoms with E-state index in [1.54, 1.807) is 19.4 Å². The number of aromatic nitrogens is 3. The molecule has 1 aliphatic rings. The standard InChI is InChI=1S/C21H24N4O2/c1-14-21(27)17(16(12-26)10-22-14)11-25-8-7-18-20(24-13-23-18)19(25)9-15-5-3-2-4-6-15/h2-6,10,13,19,26-27H,7-9,11-12H2,1H3,(H,23,24)/t19-/m1/s1. The number of aliphatic hydroxyl groups excluding tert-OH is 1. The zero-order chi connectivity index (χ0) is 18.8. The first kappa shape index (κ1) is 17.7. The molecule has 3 N–H and O–H groups in total. The molecular formula is C21H24N4O2. The van der Waals surface area contributed by atoms with Crippen LogP contribution in [0.15, 0.2) is 42.9 Å². The molecule has 2 aromatic heterocycles. The molecule has 1 atom stereocenters. The molecule has 1 aromatic carbocycles. The minimum Gasteiger partial charge on any atom is -0.506 e. The van der Waals surface area contributed by atoms with E-state index in [1.165, 1.54) is 11.3 Å². The normalized spacial score (nSPS) is 17.0. The number of pyridine rings is 1. The lowest BCUT2D eigenvalue weighted by molar-refractivity contribution is 0.166. The van der Waals surface area contributed by atoms with Crippen LogP contribution in [-0.4, -0.2) is 36.6 Å². The Morgan fingerprint density at radius 3 is 2.81 bits per heavy atom. The lowest BCUT2D eigenvalue weighted by Gasteiger charge is -2.35. The van der Waals surface area contributed by atoms with Crippen LogP contribution in [0.4, 0.5) is 0 Å². The van der Waals surface area contributed by atoms with Gasteiger partial charge in [-0.15, -0.1) is 0 Å². The highest BCUT2D eigenvalue weighted by Gasteiger charge is 2.31. The monoisotopic (exact) mass is 364 g/mol. The smallest absolute Gasteiger partial charge is 0.141 e. The number of aryl methyl sites for hydroxylation is 1. The highest BCUT2D eigenvalue weighted by Crippen LogP contribution is 2.34. The van der Waals surface area contributed by atoms with E-state index in [0.29, 0.717) is 17.8 Å². The van der Waals surface area contributed by atoms with Gasteiger partial charge >= 0.3 is 0 Å². The van der Waals surface area contributed by atoms with Crippen LogP contribution in [0.5, 0.6) is 5.75 Å². The zero-order valence-corrected chi connectivity index (χ0v) is 15.4. The summed E-state index contributed by atoms with van der Waals surface area (Å²) in [6.07, 6.45) is 5.15. The molecule has 0 saturated carbocycles. The van der Waals surface area contributed by atoms with Gasteiger partial charge in [-0.05, 0) is 18.9 Å². The summed E-state index contributed by atoms with van der Waals surface area (Å²) < 4.78 is 0. The van der Waals surface area contributed by atoms with E-state index in [0.717, 1.165) is 30.6 Å². The van der Waals surface area contributed by atoms with E-state index in [4.69, 9.17) is 0 Å². The van der Waals surface area contributed by atoms with Gasteiger partial charge in [-0.2, -0.15) is 0 Å². The average molecular weight is 364 g/mol. The fourth-order valence-corrected chi connectivity index (χ4v) is 3.86. The fraction of sp³-hybridized carbons (Fsp3) is 0.333. The van der Waals surface area contributed by atoms with E-state index < -0.39 is 0 Å². The Bertz CT molecular complexity index is 923. The number of aromatic hydroxyl groups is 1. The highest BCUT2D eigenvalue weighted by atomic mass is 16.3. The van der Waals surface area contributed by atoms with Gasteiger partial charge in [-0.3, -0.25) is 9.88 Å². The van der Waals surface area contributed by atoms with Gasteiger partial charge in [0.2, 0.25) is 0 Å². The summed E-state index contributed by atoms with van der Waals surface area (Å²) in [6.45, 7) is 3.05. The van der Waals surface area contributed by atoms with E-state index in [-0.39, 0.29) is 18.4 Å². The molecule has 4 rings (SSSR count). The van der Waals surface area contributed by atoms with Crippen molar-refractivity contribution in [1.82, 2.24) is 19.9 Å². The molecule has 140 valence electrons. The van der Waals surface area contributed by atoms with Gasteiger partial charge in [-0.1, -0.05) is 30.3 Å². The second-order valence-electron chi connectivity index (χ2n) is 7.05. The summed E-state index contributed by atoms with van der Waals surface area (Å²) in [7, 11) is 0. The zero-order valence-electron chi connectivity index (χ0n) is 15.4. The van der Waals surface area contributed by atoms with Crippen LogP contribution in [0, 0.1) is 6.92 Å². The minimum absolute atomic E-state index is 0.113. The third-order valence-corrected chi connectivity index (χ3v) is 5.39. The Morgan fingerprint density at radius 1 is 1.22 bits per heavy atom. The number of imidazole rings is 1. The van der Waals surface area contributed by atoms with Gasteiger partial charge in [0.15, 0.2) is 0 Å². The summed E-state index contributed by atoms with van der Waals surface area (Å²) >= 11 is 0. The number of aliphatic hydroxyl groups is 1. The largest absolute Gasteiger partial charge is 0.506 e. The first-order valence-electron chi connectivity index (χ1n) is 9.24. The minimum atomic E-state index is -0.138. The molecule has 3 aromatic rings. The summed E-state index contributed by atoms with van der Waals surface area (Å²) in [5.74, 6) is 0.174. The summed E-state index contributed by atoms with van der Waals surface area (Å²) in [6, 6.07) is 10.5. The Hall–Kier alpha value is -2.70. The van der Waals surface area contributed by atoms with Crippen molar-refractivity contribution in [3.05, 3.63) is 76.6 Å². The van der Waals surface area contributed by atoms with Gasteiger partial charge in [0.25, 0.3) is 0 Å². The molecule has 0 aliphatic carbocycles. The number of aromatic amines is 1. The maximum Gasteiger partial charge on any atom is 0.141 e. The number of H-pyrrole nitrogens is 1. The molecule has 1 aliphatic heterocycles. The van der Waals surface area contributed by atoms with Crippen LogP contribution < -0.4 is 0 Å². The molecule has 0 spiro atoms. The average Bonchev–Trinajstić information content (AvgIpc) is 3.17. The van der Waals surface area contributed by atoms with Gasteiger partial charge < -0.3 is 15.2 Å². The first-order chi connectivity index (χ1) is 13.2. The lowest BCUT2D eigenvalue weighted by atomic mass is 9.95. The molecule has 6 nitrogen and oxygen atoms in total. The maximum absolute atomic E-state index is 10.5. The van der Waals surface area contributed by atoms with Crippen molar-refractivity contribution in [3.8, 4) is 5.75 Å². The van der Waals surface area contributed by atoms with Crippen molar-refractivity contribution in [2.45, 2.75) is 39.0 Å². The second kappa shape index (κ2) is 7.50. The molecule has 0 bridgehead atoms. The molecule has 0 saturated heterocycles. The van der Waals surface area contributed by atoms with E-state index in [9.17, 15) is 10.2 Å². The molecule has 0 unspecified atom stereocenters. The van der Waals surface area contributed by atoms with Crippen molar-refractivity contribution >= 4 is 0 Å². The third-order valence-electron chi connectivity index (χ3n) is 5.39. The van der Waals surface area contributed by atoms with Crippen LogP contribution in [0.2, 0.25) is 0 Å². The van der Waals surface area contributed by atoms with E-state index in [2.05, 4.69) is 44.1 Å². The molecule has 0 fully saturated rings. The number of rotatable bonds is 5. The van der Waals surface area contributed by atoms with Crippen molar-refractivity contribution in [3.63, 3.8) is 0 Å². The van der Waals surface area contributed by atoms with Gasteiger partial charge in [0.05, 0.1) is 30.4 Å². The molecule has 0 amide bonds. The van der Waals surface area contributed by atoms with E-state index >= 15 is 0 Å². The van der Waals surface area contributed by atoms with Gasteiger partial charge in [-0.25, -0.2) is 4.98 Å². The SMILES string of the molecule is Cc1ncc(CO)c(CN2CCc3[nH]cnc3[C@H]2Cc2ccccc2)c1O. The molecule has 3 heterocycles. The van der Waals surface area contributed by atoms with Crippen LogP contribution in [-0.2, 0) is 26.0 Å². The maximum atomic E-state index is 10.5. The van der Waals surface area contributed by atoms with Crippen LogP contribution in [0.1, 0.15) is 39.8 Å². The molecule has 6 heteroatoms. The number of nitrogens with one attached hydrogen (secondary N) is 1. The highest BCUT2D eigenvalue weighted by molar-refractivity contribution is 5.41. The van der Waals surface area contributed by atoms with Crippen molar-refractivity contribution in [2.24, 2.45) is 0 Å². The van der Waals surface area contributed by atoms with Crippen molar-refractivity contribution in [2.75, 3.05) is 6.54 Å². The van der Waals surface area contributed by atoms with Crippen molar-refractivity contribution < 1.29 is 10.2 Å². The Labute approximate surface area is 158 Å². The Balaban J connectivity index is 1.68. The molecular weight excluding hydrogens is 340 g/mol. The number of benzene rings is 1. The topological polar surface area (TPSA) is 85.3 Å². The number of hydrogen-bond donors (Lipinski definition) is 3. The number of nitrogens with zero attached hydrogens (tertiary/aromatic N) is 3. The second-order valence-corrected chi connectivity index (χ2v) is 7.05. The lowest BCUT2D eigenvalue weighted by Crippen LogP contribution is -2.36. The Morgan fingerprint density at radius 2 is 2.04 bits per heavy atom. The summed E-state index contributed by atoms with van der Waals surface area (Å²) in [5.41, 5.74) is 5.51. The van der Waals surface area contributed by atoms with Crippen LogP contribution >= 0.6 is 0 Å². The quantitative estimate of drug-likeness (QED) is 0.648. The van der Waals surface area contributed by atoms with Crippen molar-refractivity contribution in [1.29, 1.82) is 0 Å². The first-order valence-corrected chi connectivity index (χ1v) is 9.24. The summed E-state index contributed by atoms with van der Waals surface area (Å²) in [5, 5.41) is 20.3.